The SMILES string of the molecule is CC(C)C(C(=O)NC1CCN(C2CCCCCC2)C1)n1cnc2cc(F)c(F)cc21. The van der Waals surface area contributed by atoms with Gasteiger partial charge in [-0.3, -0.25) is 9.69 Å². The third-order valence-electron chi connectivity index (χ3n) is 6.72. The molecule has 164 valence electrons. The summed E-state index contributed by atoms with van der Waals surface area (Å²) >= 11 is 0. The number of carbonyl (C=O) groups is 1. The highest BCUT2D eigenvalue weighted by Crippen LogP contribution is 2.28. The van der Waals surface area contributed by atoms with Crippen LogP contribution < -0.4 is 5.32 Å². The van der Waals surface area contributed by atoms with Gasteiger partial charge in [-0.25, -0.2) is 13.8 Å². The third-order valence-corrected chi connectivity index (χ3v) is 6.72. The number of carbonyl (C=O) groups excluding carboxylic acids is 1. The highest BCUT2D eigenvalue weighted by molar-refractivity contribution is 5.84. The Morgan fingerprint density at radius 2 is 1.80 bits per heavy atom. The van der Waals surface area contributed by atoms with Gasteiger partial charge in [-0.1, -0.05) is 39.5 Å². The van der Waals surface area contributed by atoms with Crippen LogP contribution in [0.3, 0.4) is 0 Å². The van der Waals surface area contributed by atoms with Crippen LogP contribution in [0.4, 0.5) is 8.78 Å². The second-order valence-corrected chi connectivity index (χ2v) is 9.23. The number of rotatable bonds is 5. The number of aromatic nitrogens is 2. The summed E-state index contributed by atoms with van der Waals surface area (Å²) in [5.41, 5.74) is 0.794. The van der Waals surface area contributed by atoms with Crippen molar-refractivity contribution in [1.29, 1.82) is 0 Å². The van der Waals surface area contributed by atoms with Crippen LogP contribution in [-0.2, 0) is 4.79 Å². The summed E-state index contributed by atoms with van der Waals surface area (Å²) < 4.78 is 29.1. The number of likely N-dealkylation sites (tertiary alicyclic amines) is 1. The summed E-state index contributed by atoms with van der Waals surface area (Å²) in [5, 5.41) is 3.23. The van der Waals surface area contributed by atoms with Gasteiger partial charge in [-0.05, 0) is 25.2 Å². The molecule has 4 rings (SSSR count). The van der Waals surface area contributed by atoms with Gasteiger partial charge < -0.3 is 9.88 Å². The van der Waals surface area contributed by atoms with Crippen molar-refractivity contribution in [3.63, 3.8) is 0 Å². The highest BCUT2D eigenvalue weighted by atomic mass is 19.2. The Labute approximate surface area is 176 Å². The average molecular weight is 419 g/mol. The molecule has 0 spiro atoms. The van der Waals surface area contributed by atoms with E-state index in [-0.39, 0.29) is 17.9 Å². The number of fused-ring (bicyclic) bond motifs is 1. The zero-order valence-corrected chi connectivity index (χ0v) is 17.9. The lowest BCUT2D eigenvalue weighted by Crippen LogP contribution is -2.43. The Bertz CT molecular complexity index is 889. The molecule has 5 nitrogen and oxygen atoms in total. The zero-order valence-electron chi connectivity index (χ0n) is 17.9. The molecule has 2 atom stereocenters. The van der Waals surface area contributed by atoms with Gasteiger partial charge in [0.15, 0.2) is 11.6 Å². The first-order valence-electron chi connectivity index (χ1n) is 11.3. The topological polar surface area (TPSA) is 50.2 Å². The Morgan fingerprint density at radius 3 is 2.50 bits per heavy atom. The van der Waals surface area contributed by atoms with E-state index < -0.39 is 17.7 Å². The molecule has 0 radical (unpaired) electrons. The Hall–Kier alpha value is -2.02. The van der Waals surface area contributed by atoms with Gasteiger partial charge >= 0.3 is 0 Å². The number of imidazole rings is 1. The van der Waals surface area contributed by atoms with Crippen LogP contribution in [0.2, 0.25) is 0 Å². The second-order valence-electron chi connectivity index (χ2n) is 9.23. The second kappa shape index (κ2) is 9.00. The van der Waals surface area contributed by atoms with Crippen molar-refractivity contribution in [2.45, 2.75) is 76.9 Å². The van der Waals surface area contributed by atoms with Gasteiger partial charge in [0.25, 0.3) is 0 Å². The number of hydrogen-bond acceptors (Lipinski definition) is 3. The molecule has 1 aliphatic carbocycles. The van der Waals surface area contributed by atoms with Gasteiger partial charge in [-0.15, -0.1) is 0 Å². The fourth-order valence-corrected chi connectivity index (χ4v) is 5.14. The fourth-order valence-electron chi connectivity index (χ4n) is 5.14. The van der Waals surface area contributed by atoms with Crippen molar-refractivity contribution < 1.29 is 13.6 Å². The van der Waals surface area contributed by atoms with Gasteiger partial charge in [0.1, 0.15) is 6.04 Å². The van der Waals surface area contributed by atoms with Crippen molar-refractivity contribution in [2.24, 2.45) is 5.92 Å². The lowest BCUT2D eigenvalue weighted by Gasteiger charge is -2.28. The van der Waals surface area contributed by atoms with Crippen molar-refractivity contribution in [2.75, 3.05) is 13.1 Å². The number of amides is 1. The molecule has 2 unspecified atom stereocenters. The molecule has 2 heterocycles. The lowest BCUT2D eigenvalue weighted by molar-refractivity contribution is -0.126. The van der Waals surface area contributed by atoms with E-state index in [9.17, 15) is 13.6 Å². The minimum Gasteiger partial charge on any atom is -0.350 e. The van der Waals surface area contributed by atoms with E-state index >= 15 is 0 Å². The molecule has 1 aromatic carbocycles. The summed E-state index contributed by atoms with van der Waals surface area (Å²) in [6.07, 6.45) is 10.3. The Balaban J connectivity index is 1.47. The van der Waals surface area contributed by atoms with E-state index in [1.165, 1.54) is 44.9 Å². The van der Waals surface area contributed by atoms with Crippen LogP contribution in [0.1, 0.15) is 64.8 Å². The van der Waals surface area contributed by atoms with Crippen LogP contribution in [0, 0.1) is 17.6 Å². The van der Waals surface area contributed by atoms with E-state index in [2.05, 4.69) is 15.2 Å². The summed E-state index contributed by atoms with van der Waals surface area (Å²) in [7, 11) is 0. The maximum Gasteiger partial charge on any atom is 0.243 e. The predicted molar refractivity (Wildman–Crippen MR) is 113 cm³/mol. The van der Waals surface area contributed by atoms with Crippen molar-refractivity contribution >= 4 is 16.9 Å². The molecule has 1 N–H and O–H groups in total. The molecule has 1 aliphatic heterocycles. The molecule has 30 heavy (non-hydrogen) atoms. The zero-order chi connectivity index (χ0) is 21.3. The van der Waals surface area contributed by atoms with Gasteiger partial charge in [0.05, 0.1) is 17.4 Å². The molecule has 2 fully saturated rings. The van der Waals surface area contributed by atoms with Gasteiger partial charge in [-0.2, -0.15) is 0 Å². The number of hydrogen-bond donors (Lipinski definition) is 1. The number of halogens is 2. The van der Waals surface area contributed by atoms with Crippen molar-refractivity contribution in [3.8, 4) is 0 Å². The molecular weight excluding hydrogens is 386 g/mol. The van der Waals surface area contributed by atoms with Crippen LogP contribution >= 0.6 is 0 Å². The Kier molecular flexibility index (Phi) is 6.37. The van der Waals surface area contributed by atoms with Crippen LogP contribution in [0.15, 0.2) is 18.5 Å². The predicted octanol–water partition coefficient (Wildman–Crippen LogP) is 4.42. The summed E-state index contributed by atoms with van der Waals surface area (Å²) in [6.45, 7) is 5.84. The summed E-state index contributed by atoms with van der Waals surface area (Å²) in [5.74, 6) is -1.96. The van der Waals surface area contributed by atoms with E-state index in [0.29, 0.717) is 17.1 Å². The van der Waals surface area contributed by atoms with Gasteiger partial charge in [0.2, 0.25) is 5.91 Å². The largest absolute Gasteiger partial charge is 0.350 e. The lowest BCUT2D eigenvalue weighted by atomic mass is 10.0. The molecule has 7 heteroatoms. The summed E-state index contributed by atoms with van der Waals surface area (Å²) in [6, 6.07) is 2.46. The minimum absolute atomic E-state index is 0.0186. The third kappa shape index (κ3) is 4.36. The molecule has 2 aliphatic rings. The highest BCUT2D eigenvalue weighted by Gasteiger charge is 2.32. The molecule has 1 saturated carbocycles. The molecule has 1 amide bonds. The van der Waals surface area contributed by atoms with Crippen molar-refractivity contribution in [3.05, 3.63) is 30.1 Å². The first-order valence-corrected chi connectivity index (χ1v) is 11.3. The van der Waals surface area contributed by atoms with E-state index in [1.807, 2.05) is 13.8 Å². The van der Waals surface area contributed by atoms with Crippen molar-refractivity contribution in [1.82, 2.24) is 19.8 Å². The quantitative estimate of drug-likeness (QED) is 0.731. The molecule has 1 aromatic heterocycles. The molecule has 2 aromatic rings. The maximum atomic E-state index is 13.8. The normalized spacial score (nSPS) is 22.5. The van der Waals surface area contributed by atoms with Gasteiger partial charge in [0, 0.05) is 37.3 Å². The molecule has 0 bridgehead atoms. The monoisotopic (exact) mass is 418 g/mol. The van der Waals surface area contributed by atoms with E-state index in [0.717, 1.165) is 31.6 Å². The van der Waals surface area contributed by atoms with Crippen LogP contribution in [0.25, 0.3) is 11.0 Å². The summed E-state index contributed by atoms with van der Waals surface area (Å²) in [4.78, 5) is 20.0. The standard InChI is InChI=1S/C23H32F2N4O/c1-15(2)22(29-14-26-20-11-18(24)19(25)12-21(20)29)23(30)27-16-9-10-28(13-16)17-7-5-3-4-6-8-17/h11-12,14-17,22H,3-10,13H2,1-2H3,(H,27,30). The van der Waals surface area contributed by atoms with E-state index in [4.69, 9.17) is 0 Å². The van der Waals surface area contributed by atoms with Crippen LogP contribution in [-0.4, -0.2) is 45.5 Å². The fraction of sp³-hybridized carbons (Fsp3) is 0.652. The first kappa shape index (κ1) is 21.2. The number of nitrogens with one attached hydrogen (secondary N) is 1. The Morgan fingerprint density at radius 1 is 1.10 bits per heavy atom. The average Bonchev–Trinajstić information content (AvgIpc) is 3.20. The number of nitrogens with zero attached hydrogens (tertiary/aromatic N) is 3. The maximum absolute atomic E-state index is 13.8. The first-order chi connectivity index (χ1) is 14.4. The molecule has 1 saturated heterocycles. The smallest absolute Gasteiger partial charge is 0.243 e. The molecular formula is C23H32F2N4O. The van der Waals surface area contributed by atoms with Crippen LogP contribution in [0.5, 0.6) is 0 Å². The van der Waals surface area contributed by atoms with E-state index in [1.54, 1.807) is 4.57 Å². The minimum atomic E-state index is -0.929. The number of benzene rings is 1.